The third-order valence-electron chi connectivity index (χ3n) is 3.66. The number of aromatic nitrogens is 2. The minimum atomic E-state index is -0.799. The fraction of sp³-hybridized carbons (Fsp3) is 0.444. The van der Waals surface area contributed by atoms with E-state index in [1.807, 2.05) is 41.9 Å². The minimum absolute atomic E-state index is 0.0303. The summed E-state index contributed by atoms with van der Waals surface area (Å²) in [6, 6.07) is 9.21. The van der Waals surface area contributed by atoms with E-state index in [4.69, 9.17) is 0 Å². The van der Waals surface area contributed by atoms with Gasteiger partial charge < -0.3 is 10.4 Å². The van der Waals surface area contributed by atoms with Crippen LogP contribution in [-0.2, 0) is 17.8 Å². The van der Waals surface area contributed by atoms with E-state index in [0.29, 0.717) is 5.92 Å². The van der Waals surface area contributed by atoms with Crippen molar-refractivity contribution in [3.63, 3.8) is 0 Å². The molecule has 5 heteroatoms. The van der Waals surface area contributed by atoms with Gasteiger partial charge in [-0.1, -0.05) is 51.1 Å². The van der Waals surface area contributed by atoms with Crippen LogP contribution in [0.15, 0.2) is 36.5 Å². The predicted molar refractivity (Wildman–Crippen MR) is 91.1 cm³/mol. The Labute approximate surface area is 137 Å². The van der Waals surface area contributed by atoms with Gasteiger partial charge in [0.2, 0.25) is 5.91 Å². The van der Waals surface area contributed by atoms with E-state index < -0.39 is 6.10 Å². The van der Waals surface area contributed by atoms with Gasteiger partial charge in [-0.3, -0.25) is 9.48 Å². The standard InChI is InChI=1S/C18H25N3O2/c1-4-16-15(11-19-21(16)12-13(2)3)20-18(23)10-17(22)14-8-6-5-7-9-14/h5-9,11,13,17,22H,4,10,12H2,1-3H3,(H,20,23). The van der Waals surface area contributed by atoms with Crippen LogP contribution in [0.25, 0.3) is 0 Å². The van der Waals surface area contributed by atoms with Crippen molar-refractivity contribution in [3.8, 4) is 0 Å². The minimum Gasteiger partial charge on any atom is -0.388 e. The van der Waals surface area contributed by atoms with Crippen LogP contribution in [0.3, 0.4) is 0 Å². The molecule has 0 bridgehead atoms. The lowest BCUT2D eigenvalue weighted by molar-refractivity contribution is -0.118. The molecule has 124 valence electrons. The molecule has 1 heterocycles. The third-order valence-corrected chi connectivity index (χ3v) is 3.66. The average molecular weight is 315 g/mol. The number of aliphatic hydroxyl groups is 1. The molecule has 0 radical (unpaired) electrons. The molecule has 1 atom stereocenters. The van der Waals surface area contributed by atoms with Gasteiger partial charge in [0.1, 0.15) is 0 Å². The van der Waals surface area contributed by atoms with Crippen LogP contribution in [0, 0.1) is 5.92 Å². The van der Waals surface area contributed by atoms with Crippen LogP contribution in [-0.4, -0.2) is 20.8 Å². The van der Waals surface area contributed by atoms with Crippen LogP contribution >= 0.6 is 0 Å². The number of amides is 1. The summed E-state index contributed by atoms with van der Waals surface area (Å²) in [5, 5.41) is 17.4. The molecule has 0 aliphatic carbocycles. The molecule has 2 rings (SSSR count). The Balaban J connectivity index is 2.01. The van der Waals surface area contributed by atoms with E-state index in [9.17, 15) is 9.90 Å². The number of hydrogen-bond acceptors (Lipinski definition) is 3. The second kappa shape index (κ2) is 7.92. The molecule has 23 heavy (non-hydrogen) atoms. The van der Waals surface area contributed by atoms with Gasteiger partial charge in [-0.25, -0.2) is 0 Å². The van der Waals surface area contributed by atoms with Crippen LogP contribution < -0.4 is 5.32 Å². The molecule has 1 amide bonds. The van der Waals surface area contributed by atoms with Crippen molar-refractivity contribution in [1.29, 1.82) is 0 Å². The fourth-order valence-electron chi connectivity index (χ4n) is 2.56. The molecular formula is C18H25N3O2. The Kier molecular flexibility index (Phi) is 5.93. The van der Waals surface area contributed by atoms with E-state index in [0.717, 1.165) is 29.9 Å². The maximum Gasteiger partial charge on any atom is 0.227 e. The smallest absolute Gasteiger partial charge is 0.227 e. The zero-order valence-electron chi connectivity index (χ0n) is 14.0. The molecule has 5 nitrogen and oxygen atoms in total. The molecule has 1 aromatic heterocycles. The summed E-state index contributed by atoms with van der Waals surface area (Å²) in [5.41, 5.74) is 2.49. The zero-order valence-corrected chi connectivity index (χ0v) is 14.0. The summed E-state index contributed by atoms with van der Waals surface area (Å²) in [4.78, 5) is 12.2. The Hall–Kier alpha value is -2.14. The number of carbonyl (C=O) groups is 1. The molecule has 1 aromatic carbocycles. The van der Waals surface area contributed by atoms with Crippen LogP contribution in [0.5, 0.6) is 0 Å². The van der Waals surface area contributed by atoms with Gasteiger partial charge in [0.15, 0.2) is 0 Å². The van der Waals surface area contributed by atoms with Gasteiger partial charge in [-0.15, -0.1) is 0 Å². The monoisotopic (exact) mass is 315 g/mol. The lowest BCUT2D eigenvalue weighted by atomic mass is 10.1. The topological polar surface area (TPSA) is 67.2 Å². The highest BCUT2D eigenvalue weighted by atomic mass is 16.3. The molecule has 2 N–H and O–H groups in total. The van der Waals surface area contributed by atoms with E-state index in [-0.39, 0.29) is 12.3 Å². The van der Waals surface area contributed by atoms with Crippen molar-refractivity contribution >= 4 is 11.6 Å². The van der Waals surface area contributed by atoms with Gasteiger partial charge in [0, 0.05) is 6.54 Å². The third kappa shape index (κ3) is 4.66. The lowest BCUT2D eigenvalue weighted by Gasteiger charge is -2.12. The number of hydrogen-bond donors (Lipinski definition) is 2. The molecule has 2 aromatic rings. The summed E-state index contributed by atoms with van der Waals surface area (Å²) in [6.45, 7) is 7.14. The number of aliphatic hydroxyl groups excluding tert-OH is 1. The molecule has 0 saturated heterocycles. The Morgan fingerprint density at radius 1 is 1.30 bits per heavy atom. The maximum absolute atomic E-state index is 12.2. The van der Waals surface area contributed by atoms with Crippen LogP contribution in [0.4, 0.5) is 5.69 Å². The molecular weight excluding hydrogens is 290 g/mol. The van der Waals surface area contributed by atoms with Crippen LogP contribution in [0.2, 0.25) is 0 Å². The molecule has 0 fully saturated rings. The zero-order chi connectivity index (χ0) is 16.8. The maximum atomic E-state index is 12.2. The normalized spacial score (nSPS) is 12.4. The molecule has 0 saturated carbocycles. The first-order chi connectivity index (χ1) is 11.0. The van der Waals surface area contributed by atoms with Crippen molar-refractivity contribution < 1.29 is 9.90 Å². The average Bonchev–Trinajstić information content (AvgIpc) is 2.88. The van der Waals surface area contributed by atoms with Crippen molar-refractivity contribution in [2.75, 3.05) is 5.32 Å². The van der Waals surface area contributed by atoms with Crippen molar-refractivity contribution in [3.05, 3.63) is 47.8 Å². The van der Waals surface area contributed by atoms with Crippen LogP contribution in [0.1, 0.15) is 44.6 Å². The number of carbonyl (C=O) groups excluding carboxylic acids is 1. The first-order valence-electron chi connectivity index (χ1n) is 8.08. The summed E-state index contributed by atoms with van der Waals surface area (Å²) in [6.07, 6.45) is 1.71. The largest absolute Gasteiger partial charge is 0.388 e. The number of nitrogens with one attached hydrogen (secondary N) is 1. The van der Waals surface area contributed by atoms with Gasteiger partial charge in [-0.2, -0.15) is 5.10 Å². The first kappa shape index (κ1) is 17.2. The highest BCUT2D eigenvalue weighted by Gasteiger charge is 2.16. The van der Waals surface area contributed by atoms with Gasteiger partial charge >= 0.3 is 0 Å². The lowest BCUT2D eigenvalue weighted by Crippen LogP contribution is -2.17. The van der Waals surface area contributed by atoms with E-state index >= 15 is 0 Å². The highest BCUT2D eigenvalue weighted by Crippen LogP contribution is 2.20. The number of rotatable bonds is 7. The molecule has 0 aliphatic rings. The molecule has 1 unspecified atom stereocenters. The molecule has 0 aliphatic heterocycles. The van der Waals surface area contributed by atoms with Crippen molar-refractivity contribution in [2.45, 2.75) is 46.3 Å². The Morgan fingerprint density at radius 3 is 2.61 bits per heavy atom. The fourth-order valence-corrected chi connectivity index (χ4v) is 2.56. The SMILES string of the molecule is CCc1c(NC(=O)CC(O)c2ccccc2)cnn1CC(C)C. The second-order valence-electron chi connectivity index (χ2n) is 6.11. The quantitative estimate of drug-likeness (QED) is 0.824. The summed E-state index contributed by atoms with van der Waals surface area (Å²) >= 11 is 0. The predicted octanol–water partition coefficient (Wildman–Crippen LogP) is 3.16. The van der Waals surface area contributed by atoms with Gasteiger partial charge in [0.05, 0.1) is 30.1 Å². The van der Waals surface area contributed by atoms with Crippen molar-refractivity contribution in [1.82, 2.24) is 9.78 Å². The second-order valence-corrected chi connectivity index (χ2v) is 6.11. The number of anilines is 1. The number of nitrogens with zero attached hydrogens (tertiary/aromatic N) is 2. The Morgan fingerprint density at radius 2 is 2.00 bits per heavy atom. The van der Waals surface area contributed by atoms with E-state index in [1.54, 1.807) is 6.20 Å². The highest BCUT2D eigenvalue weighted by molar-refractivity contribution is 5.91. The summed E-state index contributed by atoms with van der Waals surface area (Å²) in [7, 11) is 0. The first-order valence-corrected chi connectivity index (χ1v) is 8.08. The van der Waals surface area contributed by atoms with Gasteiger partial charge in [-0.05, 0) is 17.9 Å². The molecule has 0 spiro atoms. The summed E-state index contributed by atoms with van der Waals surface area (Å²) in [5.74, 6) is 0.281. The van der Waals surface area contributed by atoms with E-state index in [2.05, 4.69) is 24.3 Å². The number of benzene rings is 1. The Bertz CT molecular complexity index is 635. The summed E-state index contributed by atoms with van der Waals surface area (Å²) < 4.78 is 1.94. The van der Waals surface area contributed by atoms with E-state index in [1.165, 1.54) is 0 Å². The van der Waals surface area contributed by atoms with Crippen molar-refractivity contribution in [2.24, 2.45) is 5.92 Å². The van der Waals surface area contributed by atoms with Gasteiger partial charge in [0.25, 0.3) is 0 Å².